The van der Waals surface area contributed by atoms with E-state index in [2.05, 4.69) is 10.0 Å². The van der Waals surface area contributed by atoms with E-state index in [1.807, 2.05) is 24.3 Å². The molecule has 152 valence electrons. The molecule has 6 nitrogen and oxygen atoms in total. The van der Waals surface area contributed by atoms with Crippen LogP contribution in [0.4, 0.5) is 0 Å². The van der Waals surface area contributed by atoms with Crippen LogP contribution >= 0.6 is 0 Å². The second-order valence-electron chi connectivity index (χ2n) is 7.62. The number of methoxy groups -OCH3 is 1. The Bertz CT molecular complexity index is 883. The van der Waals surface area contributed by atoms with Gasteiger partial charge in [0.1, 0.15) is 5.75 Å². The summed E-state index contributed by atoms with van der Waals surface area (Å²) in [4.78, 5) is 12.3. The minimum Gasteiger partial charge on any atom is -0.497 e. The first-order valence-electron chi connectivity index (χ1n) is 9.12. The van der Waals surface area contributed by atoms with Crippen LogP contribution in [0.2, 0.25) is 0 Å². The van der Waals surface area contributed by atoms with Crippen LogP contribution in [-0.4, -0.2) is 27.0 Å². The molecule has 0 aliphatic carbocycles. The van der Waals surface area contributed by atoms with E-state index in [9.17, 15) is 13.2 Å². The molecule has 2 aromatic carbocycles. The Hall–Kier alpha value is -2.38. The maximum Gasteiger partial charge on any atom is 0.241 e. The summed E-state index contributed by atoms with van der Waals surface area (Å²) in [7, 11) is -1.94. The average Bonchev–Trinajstić information content (AvgIpc) is 2.63. The number of sulfonamides is 1. The predicted molar refractivity (Wildman–Crippen MR) is 110 cm³/mol. The van der Waals surface area contributed by atoms with Crippen LogP contribution in [0.1, 0.15) is 38.3 Å². The standard InChI is InChI=1S/C21H28N2O4S/c1-21(2,3)23-28(25,26)19-12-7-16(8-13-19)9-14-20(24)22-15-17-5-10-18(27-4)11-6-17/h5-8,10-13,23H,9,14-15H2,1-4H3,(H,22,24). The number of amides is 1. The van der Waals surface area contributed by atoms with Crippen molar-refractivity contribution < 1.29 is 17.9 Å². The van der Waals surface area contributed by atoms with Gasteiger partial charge in [0.2, 0.25) is 15.9 Å². The van der Waals surface area contributed by atoms with Crippen LogP contribution in [0.3, 0.4) is 0 Å². The number of hydrogen-bond donors (Lipinski definition) is 2. The molecule has 0 spiro atoms. The summed E-state index contributed by atoms with van der Waals surface area (Å²) in [6.45, 7) is 5.84. The Morgan fingerprint density at radius 1 is 0.964 bits per heavy atom. The predicted octanol–water partition coefficient (Wildman–Crippen LogP) is 3.02. The number of benzene rings is 2. The van der Waals surface area contributed by atoms with Crippen LogP contribution in [0.15, 0.2) is 53.4 Å². The molecule has 0 aliphatic rings. The molecule has 2 aromatic rings. The van der Waals surface area contributed by atoms with Crippen molar-refractivity contribution in [2.24, 2.45) is 0 Å². The van der Waals surface area contributed by atoms with Gasteiger partial charge in [0.15, 0.2) is 0 Å². The molecule has 2 N–H and O–H groups in total. The molecule has 0 bridgehead atoms. The summed E-state index contributed by atoms with van der Waals surface area (Å²) in [5.74, 6) is 0.722. The first-order chi connectivity index (χ1) is 13.1. The van der Waals surface area contributed by atoms with Gasteiger partial charge in [-0.3, -0.25) is 4.79 Å². The summed E-state index contributed by atoms with van der Waals surface area (Å²) in [6.07, 6.45) is 0.879. The molecule has 7 heteroatoms. The SMILES string of the molecule is COc1ccc(CNC(=O)CCc2ccc(S(=O)(=O)NC(C)(C)C)cc2)cc1. The second kappa shape index (κ2) is 9.21. The minimum atomic E-state index is -3.55. The van der Waals surface area contributed by atoms with Crippen molar-refractivity contribution in [1.82, 2.24) is 10.0 Å². The number of rotatable bonds is 8. The first-order valence-corrected chi connectivity index (χ1v) is 10.6. The third-order valence-corrected chi connectivity index (χ3v) is 5.74. The molecule has 0 fully saturated rings. The van der Waals surface area contributed by atoms with E-state index in [1.165, 1.54) is 0 Å². The molecule has 1 amide bonds. The smallest absolute Gasteiger partial charge is 0.241 e. The maximum atomic E-state index is 12.3. The third-order valence-electron chi connectivity index (χ3n) is 3.96. The largest absolute Gasteiger partial charge is 0.497 e. The number of carbonyl (C=O) groups excluding carboxylic acids is 1. The molecule has 2 rings (SSSR count). The lowest BCUT2D eigenvalue weighted by Gasteiger charge is -2.20. The molecule has 0 saturated carbocycles. The van der Waals surface area contributed by atoms with Gasteiger partial charge in [0.05, 0.1) is 12.0 Å². The quantitative estimate of drug-likeness (QED) is 0.708. The second-order valence-corrected chi connectivity index (χ2v) is 9.31. The summed E-state index contributed by atoms with van der Waals surface area (Å²) in [5.41, 5.74) is 1.36. The van der Waals surface area contributed by atoms with E-state index in [1.54, 1.807) is 52.1 Å². The molecule has 0 heterocycles. The molecule has 0 saturated heterocycles. The molecular formula is C21H28N2O4S. The lowest BCUT2D eigenvalue weighted by Crippen LogP contribution is -2.40. The number of hydrogen-bond acceptors (Lipinski definition) is 4. The molecular weight excluding hydrogens is 376 g/mol. The zero-order valence-corrected chi connectivity index (χ0v) is 17.6. The Morgan fingerprint density at radius 3 is 2.07 bits per heavy atom. The van der Waals surface area contributed by atoms with Crippen molar-refractivity contribution in [1.29, 1.82) is 0 Å². The van der Waals surface area contributed by atoms with E-state index < -0.39 is 15.6 Å². The van der Waals surface area contributed by atoms with Crippen molar-refractivity contribution in [3.63, 3.8) is 0 Å². The summed E-state index contributed by atoms with van der Waals surface area (Å²) in [6, 6.07) is 14.1. The molecule has 0 aliphatic heterocycles. The van der Waals surface area contributed by atoms with Gasteiger partial charge in [0.25, 0.3) is 0 Å². The minimum absolute atomic E-state index is 0.0538. The van der Waals surface area contributed by atoms with Crippen LogP contribution in [0.25, 0.3) is 0 Å². The number of ether oxygens (including phenoxy) is 1. The fraction of sp³-hybridized carbons (Fsp3) is 0.381. The Balaban J connectivity index is 1.84. The van der Waals surface area contributed by atoms with E-state index in [0.29, 0.717) is 19.4 Å². The average molecular weight is 405 g/mol. The normalized spacial score (nSPS) is 11.9. The fourth-order valence-electron chi connectivity index (χ4n) is 2.59. The number of carbonyl (C=O) groups is 1. The zero-order valence-electron chi connectivity index (χ0n) is 16.8. The van der Waals surface area contributed by atoms with Crippen molar-refractivity contribution in [2.75, 3.05) is 7.11 Å². The summed E-state index contributed by atoms with van der Waals surface area (Å²) >= 11 is 0. The van der Waals surface area contributed by atoms with E-state index in [-0.39, 0.29) is 10.8 Å². The Kier molecular flexibility index (Phi) is 7.21. The molecule has 0 atom stereocenters. The van der Waals surface area contributed by atoms with Gasteiger partial charge in [-0.2, -0.15) is 0 Å². The van der Waals surface area contributed by atoms with Crippen molar-refractivity contribution in [3.8, 4) is 5.75 Å². The molecule has 0 aromatic heterocycles. The molecule has 28 heavy (non-hydrogen) atoms. The van der Waals surface area contributed by atoms with Gasteiger partial charge in [-0.1, -0.05) is 24.3 Å². The Morgan fingerprint density at radius 2 is 1.54 bits per heavy atom. The first kappa shape index (κ1) is 21.9. The van der Waals surface area contributed by atoms with Gasteiger partial charge in [-0.15, -0.1) is 0 Å². The van der Waals surface area contributed by atoms with Gasteiger partial charge in [0, 0.05) is 18.5 Å². The van der Waals surface area contributed by atoms with Crippen molar-refractivity contribution >= 4 is 15.9 Å². The van der Waals surface area contributed by atoms with Gasteiger partial charge < -0.3 is 10.1 Å². The molecule has 0 unspecified atom stereocenters. The van der Waals surface area contributed by atoms with Crippen molar-refractivity contribution in [2.45, 2.75) is 50.6 Å². The van der Waals surface area contributed by atoms with Gasteiger partial charge in [-0.25, -0.2) is 13.1 Å². The van der Waals surface area contributed by atoms with E-state index in [4.69, 9.17) is 4.74 Å². The monoisotopic (exact) mass is 404 g/mol. The number of aryl methyl sites for hydroxylation is 1. The summed E-state index contributed by atoms with van der Waals surface area (Å²) in [5, 5.41) is 2.88. The highest BCUT2D eigenvalue weighted by molar-refractivity contribution is 7.89. The summed E-state index contributed by atoms with van der Waals surface area (Å²) < 4.78 is 32.3. The lowest BCUT2D eigenvalue weighted by molar-refractivity contribution is -0.121. The highest BCUT2D eigenvalue weighted by Gasteiger charge is 2.21. The van der Waals surface area contributed by atoms with Gasteiger partial charge in [-0.05, 0) is 62.6 Å². The topological polar surface area (TPSA) is 84.5 Å². The lowest BCUT2D eigenvalue weighted by atomic mass is 10.1. The van der Waals surface area contributed by atoms with Crippen LogP contribution < -0.4 is 14.8 Å². The van der Waals surface area contributed by atoms with E-state index in [0.717, 1.165) is 16.9 Å². The van der Waals surface area contributed by atoms with Crippen LogP contribution in [0.5, 0.6) is 5.75 Å². The molecule has 0 radical (unpaired) electrons. The fourth-order valence-corrected chi connectivity index (χ4v) is 4.01. The Labute approximate surface area is 167 Å². The van der Waals surface area contributed by atoms with E-state index >= 15 is 0 Å². The van der Waals surface area contributed by atoms with Crippen LogP contribution in [-0.2, 0) is 27.8 Å². The van der Waals surface area contributed by atoms with Crippen molar-refractivity contribution in [3.05, 3.63) is 59.7 Å². The third kappa shape index (κ3) is 6.98. The van der Waals surface area contributed by atoms with Crippen LogP contribution in [0, 0.1) is 0 Å². The number of nitrogens with one attached hydrogen (secondary N) is 2. The van der Waals surface area contributed by atoms with Gasteiger partial charge >= 0.3 is 0 Å². The highest BCUT2D eigenvalue weighted by Crippen LogP contribution is 2.15. The zero-order chi connectivity index (χ0) is 20.8. The maximum absolute atomic E-state index is 12.3. The highest BCUT2D eigenvalue weighted by atomic mass is 32.2.